The molecular formula is C13H12ClN5OS. The molecule has 2 aromatic heterocycles. The summed E-state index contributed by atoms with van der Waals surface area (Å²) < 4.78 is 7.23. The molecule has 8 heteroatoms. The van der Waals surface area contributed by atoms with Crippen molar-refractivity contribution in [2.75, 3.05) is 0 Å². The van der Waals surface area contributed by atoms with E-state index in [9.17, 15) is 0 Å². The highest BCUT2D eigenvalue weighted by atomic mass is 35.5. The third-order valence-electron chi connectivity index (χ3n) is 2.84. The molecule has 0 atom stereocenters. The Balaban J connectivity index is 1.81. The second kappa shape index (κ2) is 5.87. The van der Waals surface area contributed by atoms with Gasteiger partial charge >= 0.3 is 0 Å². The van der Waals surface area contributed by atoms with Gasteiger partial charge in [-0.05, 0) is 12.1 Å². The molecule has 0 unspecified atom stereocenters. The summed E-state index contributed by atoms with van der Waals surface area (Å²) in [5.74, 6) is 2.40. The zero-order valence-corrected chi connectivity index (χ0v) is 13.0. The first-order valence-corrected chi connectivity index (χ1v) is 7.57. The summed E-state index contributed by atoms with van der Waals surface area (Å²) in [5.41, 5.74) is 0.856. The van der Waals surface area contributed by atoms with Crippen molar-refractivity contribution in [1.29, 1.82) is 0 Å². The molecule has 6 nitrogen and oxygen atoms in total. The Kier molecular flexibility index (Phi) is 3.94. The number of nitrogens with zero attached hydrogens (tertiary/aromatic N) is 5. The van der Waals surface area contributed by atoms with Crippen LogP contribution >= 0.6 is 23.4 Å². The van der Waals surface area contributed by atoms with Gasteiger partial charge in [-0.3, -0.25) is 0 Å². The van der Waals surface area contributed by atoms with Crippen LogP contribution in [-0.2, 0) is 12.8 Å². The monoisotopic (exact) mass is 321 g/mol. The summed E-state index contributed by atoms with van der Waals surface area (Å²) in [4.78, 5) is 0. The Morgan fingerprint density at radius 2 is 2.00 bits per heavy atom. The zero-order chi connectivity index (χ0) is 14.8. The van der Waals surface area contributed by atoms with Crippen LogP contribution in [0, 0.1) is 6.92 Å². The number of benzene rings is 1. The SMILES string of the molecule is Cc1nnc(CSc2nnc(-c3ccccc3Cl)n2C)o1. The fourth-order valence-electron chi connectivity index (χ4n) is 1.84. The average molecular weight is 322 g/mol. The van der Waals surface area contributed by atoms with E-state index in [1.807, 2.05) is 35.9 Å². The Bertz CT molecular complexity index is 770. The lowest BCUT2D eigenvalue weighted by Gasteiger charge is -2.04. The molecule has 0 radical (unpaired) electrons. The molecule has 0 aliphatic carbocycles. The number of aromatic nitrogens is 5. The van der Waals surface area contributed by atoms with Crippen molar-refractivity contribution < 1.29 is 4.42 Å². The van der Waals surface area contributed by atoms with E-state index in [1.165, 1.54) is 11.8 Å². The van der Waals surface area contributed by atoms with Crippen molar-refractivity contribution in [3.05, 3.63) is 41.1 Å². The van der Waals surface area contributed by atoms with Gasteiger partial charge in [0.1, 0.15) is 0 Å². The Hall–Kier alpha value is -1.86. The summed E-state index contributed by atoms with van der Waals surface area (Å²) in [6.07, 6.45) is 0. The van der Waals surface area contributed by atoms with Crippen LogP contribution in [0.1, 0.15) is 11.8 Å². The Morgan fingerprint density at radius 1 is 1.19 bits per heavy atom. The van der Waals surface area contributed by atoms with Gasteiger partial charge in [0.05, 0.1) is 10.8 Å². The highest BCUT2D eigenvalue weighted by Crippen LogP contribution is 2.29. The van der Waals surface area contributed by atoms with Crippen molar-refractivity contribution in [3.63, 3.8) is 0 Å². The largest absolute Gasteiger partial charge is 0.425 e. The van der Waals surface area contributed by atoms with Gasteiger partial charge in [0.2, 0.25) is 11.8 Å². The Labute approximate surface area is 130 Å². The van der Waals surface area contributed by atoms with Gasteiger partial charge in [0.25, 0.3) is 0 Å². The maximum atomic E-state index is 6.19. The fourth-order valence-corrected chi connectivity index (χ4v) is 2.81. The van der Waals surface area contributed by atoms with Crippen LogP contribution in [0.25, 0.3) is 11.4 Å². The molecule has 0 N–H and O–H groups in total. The van der Waals surface area contributed by atoms with Crippen molar-refractivity contribution in [3.8, 4) is 11.4 Å². The lowest BCUT2D eigenvalue weighted by molar-refractivity contribution is 0.485. The lowest BCUT2D eigenvalue weighted by Crippen LogP contribution is -1.95. The van der Waals surface area contributed by atoms with E-state index >= 15 is 0 Å². The molecule has 0 amide bonds. The maximum Gasteiger partial charge on any atom is 0.226 e. The van der Waals surface area contributed by atoms with Gasteiger partial charge in [0, 0.05) is 19.5 Å². The predicted molar refractivity (Wildman–Crippen MR) is 80.0 cm³/mol. The first kappa shape index (κ1) is 14.1. The standard InChI is InChI=1S/C13H12ClN5OS/c1-8-15-16-11(20-8)7-21-13-18-17-12(19(13)2)9-5-3-4-6-10(9)14/h3-6H,7H2,1-2H3. The van der Waals surface area contributed by atoms with E-state index in [1.54, 1.807) is 6.92 Å². The van der Waals surface area contributed by atoms with Crippen LogP contribution in [0.15, 0.2) is 33.8 Å². The number of hydrogen-bond donors (Lipinski definition) is 0. The van der Waals surface area contributed by atoms with E-state index in [0.717, 1.165) is 16.5 Å². The lowest BCUT2D eigenvalue weighted by atomic mass is 10.2. The van der Waals surface area contributed by atoms with Crippen molar-refractivity contribution >= 4 is 23.4 Å². The van der Waals surface area contributed by atoms with Gasteiger partial charge in [-0.2, -0.15) is 0 Å². The Morgan fingerprint density at radius 3 is 2.71 bits per heavy atom. The van der Waals surface area contributed by atoms with Crippen molar-refractivity contribution in [2.24, 2.45) is 7.05 Å². The molecule has 2 heterocycles. The molecule has 0 bridgehead atoms. The molecule has 0 aliphatic heterocycles. The molecular weight excluding hydrogens is 310 g/mol. The molecule has 0 aliphatic rings. The molecule has 0 fully saturated rings. The number of thioether (sulfide) groups is 1. The van der Waals surface area contributed by atoms with Crippen LogP contribution in [0.2, 0.25) is 5.02 Å². The van der Waals surface area contributed by atoms with Crippen LogP contribution in [0.5, 0.6) is 0 Å². The van der Waals surface area contributed by atoms with E-state index in [2.05, 4.69) is 20.4 Å². The van der Waals surface area contributed by atoms with Gasteiger partial charge in [-0.15, -0.1) is 20.4 Å². The highest BCUT2D eigenvalue weighted by molar-refractivity contribution is 7.98. The highest BCUT2D eigenvalue weighted by Gasteiger charge is 2.14. The van der Waals surface area contributed by atoms with Gasteiger partial charge in [-0.1, -0.05) is 35.5 Å². The smallest absolute Gasteiger partial charge is 0.226 e. The number of hydrogen-bond acceptors (Lipinski definition) is 6. The fraction of sp³-hybridized carbons (Fsp3) is 0.231. The van der Waals surface area contributed by atoms with E-state index in [4.69, 9.17) is 16.0 Å². The van der Waals surface area contributed by atoms with E-state index in [0.29, 0.717) is 22.6 Å². The number of rotatable bonds is 4. The minimum Gasteiger partial charge on any atom is -0.425 e. The first-order valence-electron chi connectivity index (χ1n) is 6.21. The van der Waals surface area contributed by atoms with Crippen LogP contribution in [0.4, 0.5) is 0 Å². The maximum absolute atomic E-state index is 6.19. The van der Waals surface area contributed by atoms with Gasteiger partial charge < -0.3 is 8.98 Å². The predicted octanol–water partition coefficient (Wildman–Crippen LogP) is 3.12. The van der Waals surface area contributed by atoms with E-state index in [-0.39, 0.29) is 0 Å². The molecule has 1 aromatic carbocycles. The number of aryl methyl sites for hydroxylation is 1. The van der Waals surface area contributed by atoms with Gasteiger partial charge in [0.15, 0.2) is 11.0 Å². The summed E-state index contributed by atoms with van der Waals surface area (Å²) in [7, 11) is 1.90. The molecule has 0 saturated carbocycles. The topological polar surface area (TPSA) is 69.6 Å². The van der Waals surface area contributed by atoms with E-state index < -0.39 is 0 Å². The van der Waals surface area contributed by atoms with Crippen molar-refractivity contribution in [2.45, 2.75) is 17.8 Å². The van der Waals surface area contributed by atoms with Crippen molar-refractivity contribution in [1.82, 2.24) is 25.0 Å². The molecule has 0 spiro atoms. The minimum atomic E-state index is 0.551. The van der Waals surface area contributed by atoms with Crippen LogP contribution in [-0.4, -0.2) is 25.0 Å². The summed E-state index contributed by atoms with van der Waals surface area (Å²) in [5, 5.41) is 17.6. The first-order chi connectivity index (χ1) is 10.1. The second-order valence-electron chi connectivity index (χ2n) is 4.35. The molecule has 3 rings (SSSR count). The molecule has 21 heavy (non-hydrogen) atoms. The third-order valence-corrected chi connectivity index (χ3v) is 4.18. The zero-order valence-electron chi connectivity index (χ0n) is 11.4. The summed E-state index contributed by atoms with van der Waals surface area (Å²) in [6.45, 7) is 1.76. The second-order valence-corrected chi connectivity index (χ2v) is 5.70. The summed E-state index contributed by atoms with van der Waals surface area (Å²) >= 11 is 7.68. The van der Waals surface area contributed by atoms with Gasteiger partial charge in [-0.25, -0.2) is 0 Å². The summed E-state index contributed by atoms with van der Waals surface area (Å²) in [6, 6.07) is 7.56. The molecule has 0 saturated heterocycles. The van der Waals surface area contributed by atoms with Crippen LogP contribution in [0.3, 0.4) is 0 Å². The molecule has 3 aromatic rings. The normalized spacial score (nSPS) is 11.0. The average Bonchev–Trinajstić information content (AvgIpc) is 3.04. The number of halogens is 1. The third kappa shape index (κ3) is 2.93. The minimum absolute atomic E-state index is 0.551. The molecule has 108 valence electrons. The van der Waals surface area contributed by atoms with Crippen LogP contribution < -0.4 is 0 Å². The quantitative estimate of drug-likeness (QED) is 0.688.